The molecule has 0 atom stereocenters. The number of hydrogen-bond donors (Lipinski definition) is 0. The molecule has 4 rings (SSSR count). The SMILES string of the molecule is CS(=O)(=O)c1cccc(-c2ccc(-n3nc(C(F)(F)F)cc3-c3ccccc3C(F)(F)F)nc2)c1. The van der Waals surface area contributed by atoms with Gasteiger partial charge >= 0.3 is 12.4 Å². The minimum Gasteiger partial charge on any atom is -0.236 e. The highest BCUT2D eigenvalue weighted by Crippen LogP contribution is 2.39. The lowest BCUT2D eigenvalue weighted by Crippen LogP contribution is -2.10. The number of halogens is 6. The van der Waals surface area contributed by atoms with Gasteiger partial charge in [0, 0.05) is 23.6 Å². The quantitative estimate of drug-likeness (QED) is 0.313. The van der Waals surface area contributed by atoms with E-state index in [-0.39, 0.29) is 10.7 Å². The zero-order valence-electron chi connectivity index (χ0n) is 17.8. The Morgan fingerprint density at radius 3 is 2.11 bits per heavy atom. The van der Waals surface area contributed by atoms with Crippen LogP contribution in [0.1, 0.15) is 11.3 Å². The Labute approximate surface area is 195 Å². The summed E-state index contributed by atoms with van der Waals surface area (Å²) in [4.78, 5) is 4.16. The van der Waals surface area contributed by atoms with Crippen LogP contribution in [-0.4, -0.2) is 29.4 Å². The summed E-state index contributed by atoms with van der Waals surface area (Å²) in [7, 11) is -3.48. The van der Waals surface area contributed by atoms with E-state index in [1.54, 1.807) is 6.07 Å². The molecule has 0 aliphatic rings. The summed E-state index contributed by atoms with van der Waals surface area (Å²) in [6.45, 7) is 0. The van der Waals surface area contributed by atoms with Gasteiger partial charge < -0.3 is 0 Å². The van der Waals surface area contributed by atoms with Gasteiger partial charge in [0.1, 0.15) is 0 Å². The van der Waals surface area contributed by atoms with Crippen LogP contribution in [0.2, 0.25) is 0 Å². The number of pyridine rings is 1. The van der Waals surface area contributed by atoms with Crippen LogP contribution >= 0.6 is 0 Å². The molecule has 0 saturated heterocycles. The summed E-state index contributed by atoms with van der Waals surface area (Å²) in [5, 5.41) is 3.48. The number of nitrogens with zero attached hydrogens (tertiary/aromatic N) is 3. The van der Waals surface area contributed by atoms with Crippen LogP contribution in [0, 0.1) is 0 Å². The van der Waals surface area contributed by atoms with Crippen molar-refractivity contribution in [1.29, 1.82) is 0 Å². The predicted octanol–water partition coefficient (Wildman–Crippen LogP) is 6.04. The second-order valence-corrected chi connectivity index (χ2v) is 9.59. The van der Waals surface area contributed by atoms with E-state index >= 15 is 0 Å². The van der Waals surface area contributed by atoms with Gasteiger partial charge in [0.05, 0.1) is 16.2 Å². The Balaban J connectivity index is 1.84. The van der Waals surface area contributed by atoms with Crippen molar-refractivity contribution in [1.82, 2.24) is 14.8 Å². The van der Waals surface area contributed by atoms with Crippen molar-refractivity contribution < 1.29 is 34.8 Å². The summed E-state index contributed by atoms with van der Waals surface area (Å²) >= 11 is 0. The van der Waals surface area contributed by atoms with E-state index in [1.807, 2.05) is 0 Å². The fourth-order valence-corrected chi connectivity index (χ4v) is 4.10. The van der Waals surface area contributed by atoms with Crippen molar-refractivity contribution in [2.45, 2.75) is 17.2 Å². The third-order valence-corrected chi connectivity index (χ3v) is 6.18. The van der Waals surface area contributed by atoms with Crippen LogP contribution in [0.25, 0.3) is 28.2 Å². The van der Waals surface area contributed by atoms with Gasteiger partial charge in [-0.1, -0.05) is 30.3 Å². The maximum Gasteiger partial charge on any atom is 0.435 e. The number of alkyl halides is 6. The Morgan fingerprint density at radius 1 is 0.800 bits per heavy atom. The molecule has 0 fully saturated rings. The van der Waals surface area contributed by atoms with Crippen LogP contribution in [0.15, 0.2) is 77.8 Å². The van der Waals surface area contributed by atoms with Gasteiger partial charge in [0.15, 0.2) is 21.3 Å². The molecule has 0 amide bonds. The molecule has 182 valence electrons. The number of benzene rings is 2. The lowest BCUT2D eigenvalue weighted by molar-refractivity contribution is -0.141. The highest BCUT2D eigenvalue weighted by atomic mass is 32.2. The molecular formula is C23H15F6N3O2S. The van der Waals surface area contributed by atoms with Crippen molar-refractivity contribution in [3.63, 3.8) is 0 Å². The molecule has 2 heterocycles. The van der Waals surface area contributed by atoms with Crippen molar-refractivity contribution >= 4 is 9.84 Å². The maximum absolute atomic E-state index is 13.6. The fraction of sp³-hybridized carbons (Fsp3) is 0.130. The largest absolute Gasteiger partial charge is 0.435 e. The molecule has 2 aromatic heterocycles. The minimum atomic E-state index is -4.90. The van der Waals surface area contributed by atoms with Crippen LogP contribution in [0.4, 0.5) is 26.3 Å². The Kier molecular flexibility index (Phi) is 5.95. The molecule has 0 radical (unpaired) electrons. The van der Waals surface area contributed by atoms with Crippen molar-refractivity contribution in [3.8, 4) is 28.2 Å². The lowest BCUT2D eigenvalue weighted by atomic mass is 10.0. The van der Waals surface area contributed by atoms with Crippen LogP contribution in [-0.2, 0) is 22.2 Å². The first-order chi connectivity index (χ1) is 16.2. The van der Waals surface area contributed by atoms with E-state index in [4.69, 9.17) is 0 Å². The second-order valence-electron chi connectivity index (χ2n) is 7.57. The molecule has 2 aromatic carbocycles. The van der Waals surface area contributed by atoms with Gasteiger partial charge in [-0.25, -0.2) is 18.1 Å². The standard InChI is InChI=1S/C23H15F6N3O2S/c1-35(33,34)16-6-4-5-14(11-16)15-9-10-21(30-13-15)32-19(12-20(31-32)23(27,28)29)17-7-2-3-8-18(17)22(24,25)26/h2-13H,1H3. The zero-order chi connectivity index (χ0) is 25.6. The van der Waals surface area contributed by atoms with Gasteiger partial charge in [-0.3, -0.25) is 0 Å². The van der Waals surface area contributed by atoms with Crippen molar-refractivity contribution in [2.24, 2.45) is 0 Å². The highest BCUT2D eigenvalue weighted by molar-refractivity contribution is 7.90. The summed E-state index contributed by atoms with van der Waals surface area (Å²) < 4.78 is 105. The van der Waals surface area contributed by atoms with Crippen LogP contribution < -0.4 is 0 Å². The minimum absolute atomic E-state index is 0.0621. The molecule has 0 aliphatic heterocycles. The first-order valence-electron chi connectivity index (χ1n) is 9.86. The number of aromatic nitrogens is 3. The normalized spacial score (nSPS) is 12.7. The van der Waals surface area contributed by atoms with Crippen LogP contribution in [0.5, 0.6) is 0 Å². The van der Waals surface area contributed by atoms with Gasteiger partial charge in [-0.15, -0.1) is 0 Å². The first kappa shape index (κ1) is 24.5. The molecule has 4 aromatic rings. The third-order valence-electron chi connectivity index (χ3n) is 5.07. The smallest absolute Gasteiger partial charge is 0.236 e. The second kappa shape index (κ2) is 8.52. The Hall–Kier alpha value is -3.67. The molecule has 0 aliphatic carbocycles. The zero-order valence-corrected chi connectivity index (χ0v) is 18.6. The molecule has 12 heteroatoms. The Bertz CT molecular complexity index is 1490. The molecule has 5 nitrogen and oxygen atoms in total. The predicted molar refractivity (Wildman–Crippen MR) is 115 cm³/mol. The summed E-state index contributed by atoms with van der Waals surface area (Å²) in [6.07, 6.45) is -7.40. The molecule has 0 saturated carbocycles. The molecule has 0 spiro atoms. The van der Waals surface area contributed by atoms with E-state index in [2.05, 4.69) is 10.1 Å². The van der Waals surface area contributed by atoms with Crippen LogP contribution in [0.3, 0.4) is 0 Å². The number of sulfone groups is 1. The Morgan fingerprint density at radius 2 is 1.51 bits per heavy atom. The molecule has 35 heavy (non-hydrogen) atoms. The molecule has 0 N–H and O–H groups in total. The van der Waals surface area contributed by atoms with E-state index < -0.39 is 44.7 Å². The monoisotopic (exact) mass is 511 g/mol. The first-order valence-corrected chi connectivity index (χ1v) is 11.7. The highest BCUT2D eigenvalue weighted by Gasteiger charge is 2.38. The van der Waals surface area contributed by atoms with Gasteiger partial charge in [-0.05, 0) is 42.0 Å². The molecule has 0 unspecified atom stereocenters. The van der Waals surface area contributed by atoms with E-state index in [9.17, 15) is 34.8 Å². The van der Waals surface area contributed by atoms with E-state index in [0.717, 1.165) is 24.5 Å². The summed E-state index contributed by atoms with van der Waals surface area (Å²) in [6, 6.07) is 13.5. The van der Waals surface area contributed by atoms with Gasteiger partial charge in [-0.2, -0.15) is 31.4 Å². The summed E-state index contributed by atoms with van der Waals surface area (Å²) in [5.41, 5.74) is -2.51. The maximum atomic E-state index is 13.6. The topological polar surface area (TPSA) is 64.8 Å². The fourth-order valence-electron chi connectivity index (χ4n) is 3.43. The average molecular weight is 511 g/mol. The lowest BCUT2D eigenvalue weighted by Gasteiger charge is -2.14. The molecular weight excluding hydrogens is 496 g/mol. The van der Waals surface area contributed by atoms with E-state index in [1.165, 1.54) is 42.6 Å². The number of hydrogen-bond acceptors (Lipinski definition) is 4. The average Bonchev–Trinajstić information content (AvgIpc) is 3.24. The van der Waals surface area contributed by atoms with Gasteiger partial charge in [0.25, 0.3) is 0 Å². The third kappa shape index (κ3) is 5.06. The van der Waals surface area contributed by atoms with Gasteiger partial charge in [0.2, 0.25) is 0 Å². The summed E-state index contributed by atoms with van der Waals surface area (Å²) in [5.74, 6) is -0.157. The van der Waals surface area contributed by atoms with E-state index in [0.29, 0.717) is 21.9 Å². The molecule has 0 bridgehead atoms. The van der Waals surface area contributed by atoms with Crippen molar-refractivity contribution in [3.05, 3.63) is 84.2 Å². The number of rotatable bonds is 4. The van der Waals surface area contributed by atoms with Crippen molar-refractivity contribution in [2.75, 3.05) is 6.26 Å².